The molecule has 2 atom stereocenters. The molecular weight excluding hydrogens is 324 g/mol. The summed E-state index contributed by atoms with van der Waals surface area (Å²) in [5.41, 5.74) is 0.987. The summed E-state index contributed by atoms with van der Waals surface area (Å²) >= 11 is 0. The average Bonchev–Trinajstić information content (AvgIpc) is 3.02. The van der Waals surface area contributed by atoms with Gasteiger partial charge >= 0.3 is 6.03 Å². The van der Waals surface area contributed by atoms with Crippen molar-refractivity contribution in [2.24, 2.45) is 0 Å². The Labute approximate surface area is 146 Å². The van der Waals surface area contributed by atoms with Gasteiger partial charge in [0.15, 0.2) is 0 Å². The highest BCUT2D eigenvalue weighted by atomic mass is 16.6. The number of hydrogen-bond acceptors (Lipinski definition) is 5. The third kappa shape index (κ3) is 3.91. The Hall–Kier alpha value is -2.19. The van der Waals surface area contributed by atoms with E-state index < -0.39 is 4.92 Å². The maximum Gasteiger partial charge on any atom is 0.321 e. The lowest BCUT2D eigenvalue weighted by Crippen LogP contribution is -2.54. The molecule has 2 fully saturated rings. The zero-order valence-corrected chi connectivity index (χ0v) is 14.4. The van der Waals surface area contributed by atoms with Crippen molar-refractivity contribution >= 4 is 17.4 Å². The number of carbonyl (C=O) groups excluding carboxylic acids is 1. The molecule has 1 aliphatic carbocycles. The zero-order chi connectivity index (χ0) is 18.0. The van der Waals surface area contributed by atoms with Gasteiger partial charge in [-0.1, -0.05) is 6.07 Å². The minimum absolute atomic E-state index is 0.00200. The molecule has 1 saturated heterocycles. The van der Waals surface area contributed by atoms with Gasteiger partial charge < -0.3 is 15.3 Å². The van der Waals surface area contributed by atoms with Crippen LogP contribution in [0, 0.1) is 17.0 Å². The molecule has 0 aromatic heterocycles. The third-order valence-electron chi connectivity index (χ3n) is 5.17. The molecule has 8 nitrogen and oxygen atoms in total. The topological polar surface area (TPSA) is 99.0 Å². The molecule has 0 radical (unpaired) electrons. The first-order chi connectivity index (χ1) is 12.0. The van der Waals surface area contributed by atoms with Crippen molar-refractivity contribution in [2.45, 2.75) is 38.3 Å². The van der Waals surface area contributed by atoms with Crippen LogP contribution in [-0.4, -0.2) is 64.2 Å². The van der Waals surface area contributed by atoms with Gasteiger partial charge in [0.05, 0.1) is 11.0 Å². The van der Waals surface area contributed by atoms with E-state index in [2.05, 4.69) is 10.2 Å². The summed E-state index contributed by atoms with van der Waals surface area (Å²) < 4.78 is 0. The van der Waals surface area contributed by atoms with Crippen molar-refractivity contribution in [2.75, 3.05) is 31.5 Å². The third-order valence-corrected chi connectivity index (χ3v) is 5.17. The normalized spacial score (nSPS) is 24.3. The summed E-state index contributed by atoms with van der Waals surface area (Å²) in [6, 6.07) is 4.66. The first-order valence-corrected chi connectivity index (χ1v) is 8.69. The molecule has 8 heteroatoms. The SMILES string of the molecule is Cc1ccc(NC(=O)N2CCN([C@@H]3CCC[C@H]3O)CC2)cc1[N+](=O)[O-]. The maximum atomic E-state index is 12.4. The first-order valence-electron chi connectivity index (χ1n) is 8.69. The molecule has 0 unspecified atom stereocenters. The quantitative estimate of drug-likeness (QED) is 0.643. The fraction of sp³-hybridized carbons (Fsp3) is 0.588. The predicted molar refractivity (Wildman–Crippen MR) is 93.6 cm³/mol. The Morgan fingerprint density at radius 1 is 1.28 bits per heavy atom. The van der Waals surface area contributed by atoms with Gasteiger partial charge in [-0.05, 0) is 32.3 Å². The Kier molecular flexibility index (Phi) is 5.19. The largest absolute Gasteiger partial charge is 0.391 e. The second-order valence-electron chi connectivity index (χ2n) is 6.78. The average molecular weight is 348 g/mol. The molecule has 3 rings (SSSR count). The van der Waals surface area contributed by atoms with Gasteiger partial charge in [-0.25, -0.2) is 4.79 Å². The monoisotopic (exact) mass is 348 g/mol. The van der Waals surface area contributed by atoms with Gasteiger partial charge in [-0.2, -0.15) is 0 Å². The van der Waals surface area contributed by atoms with E-state index in [9.17, 15) is 20.0 Å². The Balaban J connectivity index is 1.56. The fourth-order valence-corrected chi connectivity index (χ4v) is 3.69. The van der Waals surface area contributed by atoms with E-state index in [1.807, 2.05) is 0 Å². The van der Waals surface area contributed by atoms with Gasteiger partial charge in [-0.15, -0.1) is 0 Å². The van der Waals surface area contributed by atoms with Crippen molar-refractivity contribution < 1.29 is 14.8 Å². The van der Waals surface area contributed by atoms with Crippen LogP contribution in [0.5, 0.6) is 0 Å². The number of nitro benzene ring substituents is 1. The lowest BCUT2D eigenvalue weighted by molar-refractivity contribution is -0.385. The van der Waals surface area contributed by atoms with E-state index in [1.54, 1.807) is 24.0 Å². The number of aryl methyl sites for hydroxylation is 1. The first kappa shape index (κ1) is 17.6. The lowest BCUT2D eigenvalue weighted by atomic mass is 10.1. The van der Waals surface area contributed by atoms with Crippen LogP contribution in [0.2, 0.25) is 0 Å². The molecular formula is C17H24N4O4. The number of rotatable bonds is 3. The summed E-state index contributed by atoms with van der Waals surface area (Å²) in [6.07, 6.45) is 2.67. The number of piperazine rings is 1. The number of aliphatic hydroxyl groups excluding tert-OH is 1. The second-order valence-corrected chi connectivity index (χ2v) is 6.78. The smallest absolute Gasteiger partial charge is 0.321 e. The number of anilines is 1. The van der Waals surface area contributed by atoms with Gasteiger partial charge in [0.2, 0.25) is 0 Å². The molecule has 1 heterocycles. The molecule has 0 bridgehead atoms. The van der Waals surface area contributed by atoms with Crippen molar-refractivity contribution in [3.05, 3.63) is 33.9 Å². The number of benzene rings is 1. The number of hydrogen-bond donors (Lipinski definition) is 2. The summed E-state index contributed by atoms with van der Waals surface area (Å²) in [6.45, 7) is 4.32. The van der Waals surface area contributed by atoms with Crippen LogP contribution in [0.4, 0.5) is 16.2 Å². The maximum absolute atomic E-state index is 12.4. The van der Waals surface area contributed by atoms with Crippen LogP contribution >= 0.6 is 0 Å². The number of nitro groups is 1. The summed E-state index contributed by atoms with van der Waals surface area (Å²) in [5.74, 6) is 0. The van der Waals surface area contributed by atoms with E-state index in [0.717, 1.165) is 32.4 Å². The summed E-state index contributed by atoms with van der Waals surface area (Å²) in [7, 11) is 0. The van der Waals surface area contributed by atoms with E-state index >= 15 is 0 Å². The number of nitrogens with one attached hydrogen (secondary N) is 1. The standard InChI is InChI=1S/C17H24N4O4/c1-12-5-6-13(11-15(12)21(24)25)18-17(23)20-9-7-19(8-10-20)14-3-2-4-16(14)22/h5-6,11,14,16,22H,2-4,7-10H2,1H3,(H,18,23)/t14-,16-/m1/s1. The summed E-state index contributed by atoms with van der Waals surface area (Å²) in [5, 5.41) is 23.8. The molecule has 2 amide bonds. The van der Waals surface area contributed by atoms with Crippen molar-refractivity contribution in [1.82, 2.24) is 9.80 Å². The highest BCUT2D eigenvalue weighted by molar-refractivity contribution is 5.89. The Morgan fingerprint density at radius 2 is 2.00 bits per heavy atom. The van der Waals surface area contributed by atoms with Gasteiger partial charge in [0.1, 0.15) is 0 Å². The van der Waals surface area contributed by atoms with Crippen LogP contribution < -0.4 is 5.32 Å². The number of amides is 2. The van der Waals surface area contributed by atoms with Gasteiger partial charge in [-0.3, -0.25) is 15.0 Å². The van der Waals surface area contributed by atoms with Crippen LogP contribution in [0.3, 0.4) is 0 Å². The second kappa shape index (κ2) is 7.37. The Bertz CT molecular complexity index is 658. The van der Waals surface area contributed by atoms with Crippen LogP contribution in [0.25, 0.3) is 0 Å². The minimum Gasteiger partial charge on any atom is -0.391 e. The summed E-state index contributed by atoms with van der Waals surface area (Å²) in [4.78, 5) is 26.9. The number of nitrogens with zero attached hydrogens (tertiary/aromatic N) is 3. The van der Waals surface area contributed by atoms with Crippen LogP contribution in [0.1, 0.15) is 24.8 Å². The van der Waals surface area contributed by atoms with Crippen molar-refractivity contribution in [3.63, 3.8) is 0 Å². The molecule has 1 aromatic rings. The Morgan fingerprint density at radius 3 is 2.60 bits per heavy atom. The molecule has 1 aromatic carbocycles. The molecule has 25 heavy (non-hydrogen) atoms. The van der Waals surface area contributed by atoms with Crippen molar-refractivity contribution in [3.8, 4) is 0 Å². The number of aliphatic hydroxyl groups is 1. The molecule has 1 saturated carbocycles. The van der Waals surface area contributed by atoms with Crippen LogP contribution in [0.15, 0.2) is 18.2 Å². The molecule has 2 aliphatic rings. The van der Waals surface area contributed by atoms with Gasteiger partial charge in [0.25, 0.3) is 5.69 Å². The van der Waals surface area contributed by atoms with Crippen molar-refractivity contribution in [1.29, 1.82) is 0 Å². The molecule has 2 N–H and O–H groups in total. The fourth-order valence-electron chi connectivity index (χ4n) is 3.69. The van der Waals surface area contributed by atoms with E-state index in [4.69, 9.17) is 0 Å². The van der Waals surface area contributed by atoms with E-state index in [1.165, 1.54) is 6.07 Å². The van der Waals surface area contributed by atoms with Gasteiger partial charge in [0, 0.05) is 49.5 Å². The zero-order valence-electron chi connectivity index (χ0n) is 14.4. The molecule has 0 spiro atoms. The molecule has 1 aliphatic heterocycles. The van der Waals surface area contributed by atoms with E-state index in [-0.39, 0.29) is 23.9 Å². The minimum atomic E-state index is -0.448. The lowest BCUT2D eigenvalue weighted by Gasteiger charge is -2.39. The highest BCUT2D eigenvalue weighted by Crippen LogP contribution is 2.26. The van der Waals surface area contributed by atoms with E-state index in [0.29, 0.717) is 24.3 Å². The molecule has 136 valence electrons. The number of carbonyl (C=O) groups is 1. The van der Waals surface area contributed by atoms with Crippen LogP contribution in [-0.2, 0) is 0 Å². The number of urea groups is 1. The predicted octanol–water partition coefficient (Wildman–Crippen LogP) is 1.97. The highest BCUT2D eigenvalue weighted by Gasteiger charge is 2.33.